The van der Waals surface area contributed by atoms with Crippen molar-refractivity contribution >= 4 is 11.6 Å². The third-order valence-corrected chi connectivity index (χ3v) is 2.64. The number of hydrogen-bond donors (Lipinski definition) is 1. The summed E-state index contributed by atoms with van der Waals surface area (Å²) in [5.41, 5.74) is 0.638. The number of ether oxygens (including phenoxy) is 1. The van der Waals surface area contributed by atoms with Crippen LogP contribution >= 0.6 is 0 Å². The lowest BCUT2D eigenvalue weighted by atomic mass is 10.2. The van der Waals surface area contributed by atoms with E-state index in [4.69, 9.17) is 10.00 Å². The van der Waals surface area contributed by atoms with Gasteiger partial charge >= 0.3 is 0 Å². The van der Waals surface area contributed by atoms with Crippen molar-refractivity contribution < 1.29 is 9.53 Å². The number of anilines is 1. The van der Waals surface area contributed by atoms with E-state index in [1.807, 2.05) is 6.07 Å². The lowest BCUT2D eigenvalue weighted by Crippen LogP contribution is -2.29. The van der Waals surface area contributed by atoms with Crippen LogP contribution in [0.2, 0.25) is 0 Å². The molecule has 1 amide bonds. The molecule has 0 spiro atoms. The molecule has 0 aliphatic carbocycles. The SMILES string of the molecule is COc1ccc(=O)n(CC(=O)Nc2ccc(C#N)cc2)n1. The van der Waals surface area contributed by atoms with Crippen LogP contribution in [-0.4, -0.2) is 22.8 Å². The van der Waals surface area contributed by atoms with Crippen LogP contribution < -0.4 is 15.6 Å². The smallest absolute Gasteiger partial charge is 0.267 e. The molecule has 1 aromatic carbocycles. The van der Waals surface area contributed by atoms with Gasteiger partial charge in [-0.3, -0.25) is 9.59 Å². The largest absolute Gasteiger partial charge is 0.480 e. The van der Waals surface area contributed by atoms with Gasteiger partial charge in [0.05, 0.1) is 18.7 Å². The lowest BCUT2D eigenvalue weighted by molar-refractivity contribution is -0.117. The first kappa shape index (κ1) is 14.3. The number of nitrogens with one attached hydrogen (secondary N) is 1. The molecule has 0 saturated heterocycles. The minimum Gasteiger partial charge on any atom is -0.480 e. The van der Waals surface area contributed by atoms with Crippen LogP contribution in [0.4, 0.5) is 5.69 Å². The molecule has 21 heavy (non-hydrogen) atoms. The van der Waals surface area contributed by atoms with Crippen LogP contribution in [0.5, 0.6) is 5.88 Å². The minimum absolute atomic E-state index is 0.226. The van der Waals surface area contributed by atoms with Gasteiger partial charge in [-0.1, -0.05) is 0 Å². The van der Waals surface area contributed by atoms with E-state index in [1.165, 1.54) is 19.2 Å². The highest BCUT2D eigenvalue weighted by Gasteiger charge is 2.07. The number of rotatable bonds is 4. The van der Waals surface area contributed by atoms with E-state index in [0.29, 0.717) is 11.3 Å². The summed E-state index contributed by atoms with van der Waals surface area (Å²) in [6.45, 7) is -0.226. The Bertz CT molecular complexity index is 744. The fraction of sp³-hybridized carbons (Fsp3) is 0.143. The van der Waals surface area contributed by atoms with E-state index in [-0.39, 0.29) is 12.4 Å². The monoisotopic (exact) mass is 284 g/mol. The van der Waals surface area contributed by atoms with E-state index in [2.05, 4.69) is 10.4 Å². The molecule has 0 aliphatic rings. The second-order valence-electron chi connectivity index (χ2n) is 4.11. The third kappa shape index (κ3) is 3.67. The Morgan fingerprint density at radius 1 is 1.33 bits per heavy atom. The summed E-state index contributed by atoms with van der Waals surface area (Å²) < 4.78 is 5.91. The van der Waals surface area contributed by atoms with Crippen molar-refractivity contribution in [1.29, 1.82) is 5.26 Å². The maximum Gasteiger partial charge on any atom is 0.267 e. The molecule has 106 valence electrons. The van der Waals surface area contributed by atoms with Crippen LogP contribution in [-0.2, 0) is 11.3 Å². The van der Waals surface area contributed by atoms with Crippen LogP contribution in [0.25, 0.3) is 0 Å². The van der Waals surface area contributed by atoms with Crippen LogP contribution in [0, 0.1) is 11.3 Å². The summed E-state index contributed by atoms with van der Waals surface area (Å²) >= 11 is 0. The minimum atomic E-state index is -0.400. The average Bonchev–Trinajstić information content (AvgIpc) is 2.50. The molecule has 1 N–H and O–H groups in total. The highest BCUT2D eigenvalue weighted by atomic mass is 16.5. The normalized spacial score (nSPS) is 9.71. The second-order valence-corrected chi connectivity index (χ2v) is 4.11. The zero-order valence-corrected chi connectivity index (χ0v) is 11.2. The van der Waals surface area contributed by atoms with Gasteiger partial charge in [0.1, 0.15) is 6.54 Å². The number of benzene rings is 1. The lowest BCUT2D eigenvalue weighted by Gasteiger charge is -2.07. The van der Waals surface area contributed by atoms with Crippen molar-refractivity contribution in [1.82, 2.24) is 9.78 Å². The van der Waals surface area contributed by atoms with E-state index >= 15 is 0 Å². The number of hydrogen-bond acceptors (Lipinski definition) is 5. The number of carbonyl (C=O) groups is 1. The van der Waals surface area contributed by atoms with E-state index in [0.717, 1.165) is 4.68 Å². The zero-order valence-electron chi connectivity index (χ0n) is 11.2. The molecule has 0 radical (unpaired) electrons. The van der Waals surface area contributed by atoms with Gasteiger partial charge in [-0.05, 0) is 24.3 Å². The Morgan fingerprint density at radius 3 is 2.67 bits per heavy atom. The highest BCUT2D eigenvalue weighted by molar-refractivity contribution is 5.90. The molecule has 2 aromatic rings. The van der Waals surface area contributed by atoms with Crippen LogP contribution in [0.3, 0.4) is 0 Å². The molecular weight excluding hydrogens is 272 g/mol. The molecule has 0 bridgehead atoms. The van der Waals surface area contributed by atoms with E-state index in [1.54, 1.807) is 24.3 Å². The molecule has 7 nitrogen and oxygen atoms in total. The van der Waals surface area contributed by atoms with Gasteiger partial charge in [0.25, 0.3) is 5.56 Å². The Morgan fingerprint density at radius 2 is 2.05 bits per heavy atom. The molecule has 7 heteroatoms. The first-order valence-electron chi connectivity index (χ1n) is 6.04. The van der Waals surface area contributed by atoms with Crippen molar-refractivity contribution in [2.45, 2.75) is 6.54 Å². The first-order valence-corrected chi connectivity index (χ1v) is 6.04. The summed E-state index contributed by atoms with van der Waals surface area (Å²) in [5, 5.41) is 15.2. The van der Waals surface area contributed by atoms with Gasteiger partial charge in [0.2, 0.25) is 11.8 Å². The summed E-state index contributed by atoms with van der Waals surface area (Å²) in [5.74, 6) is -0.150. The topological polar surface area (TPSA) is 97.0 Å². The molecule has 0 atom stereocenters. The van der Waals surface area contributed by atoms with Gasteiger partial charge in [0, 0.05) is 17.8 Å². The number of nitrogens with zero attached hydrogens (tertiary/aromatic N) is 3. The van der Waals surface area contributed by atoms with Gasteiger partial charge in [-0.2, -0.15) is 5.26 Å². The molecule has 0 fully saturated rings. The van der Waals surface area contributed by atoms with Crippen molar-refractivity contribution in [2.75, 3.05) is 12.4 Å². The zero-order chi connectivity index (χ0) is 15.2. The summed E-state index contributed by atoms with van der Waals surface area (Å²) in [4.78, 5) is 23.5. The maximum absolute atomic E-state index is 11.9. The van der Waals surface area contributed by atoms with Gasteiger partial charge < -0.3 is 10.1 Å². The van der Waals surface area contributed by atoms with E-state index < -0.39 is 11.5 Å². The first-order chi connectivity index (χ1) is 10.1. The third-order valence-electron chi connectivity index (χ3n) is 2.64. The fourth-order valence-corrected chi connectivity index (χ4v) is 1.62. The standard InChI is InChI=1S/C14H12N4O3/c1-21-13-6-7-14(20)18(17-13)9-12(19)16-11-4-2-10(8-15)3-5-11/h2-7H,9H2,1H3,(H,16,19). The van der Waals surface area contributed by atoms with Crippen molar-refractivity contribution in [2.24, 2.45) is 0 Å². The van der Waals surface area contributed by atoms with E-state index in [9.17, 15) is 9.59 Å². The molecule has 1 heterocycles. The Balaban J connectivity index is 2.07. The fourth-order valence-electron chi connectivity index (χ4n) is 1.62. The van der Waals surface area contributed by atoms with Crippen molar-refractivity contribution in [3.63, 3.8) is 0 Å². The molecular formula is C14H12N4O3. The highest BCUT2D eigenvalue weighted by Crippen LogP contribution is 2.08. The van der Waals surface area contributed by atoms with Gasteiger partial charge in [0.15, 0.2) is 0 Å². The predicted octanol–water partition coefficient (Wildman–Crippen LogP) is 0.762. The van der Waals surface area contributed by atoms with Gasteiger partial charge in [-0.15, -0.1) is 5.10 Å². The summed E-state index contributed by atoms with van der Waals surface area (Å²) in [7, 11) is 1.42. The summed E-state index contributed by atoms with van der Waals surface area (Å²) in [6.07, 6.45) is 0. The Labute approximate surface area is 120 Å². The summed E-state index contributed by atoms with van der Waals surface area (Å²) in [6, 6.07) is 11.1. The number of nitriles is 1. The van der Waals surface area contributed by atoms with Gasteiger partial charge in [-0.25, -0.2) is 4.68 Å². The maximum atomic E-state index is 11.9. The van der Waals surface area contributed by atoms with Crippen molar-refractivity contribution in [3.05, 3.63) is 52.3 Å². The van der Waals surface area contributed by atoms with Crippen LogP contribution in [0.1, 0.15) is 5.56 Å². The molecule has 2 rings (SSSR count). The number of amides is 1. The molecule has 1 aromatic heterocycles. The predicted molar refractivity (Wildman–Crippen MR) is 74.8 cm³/mol. The average molecular weight is 284 g/mol. The molecule has 0 saturated carbocycles. The number of carbonyl (C=O) groups excluding carboxylic acids is 1. The second kappa shape index (κ2) is 6.34. The Kier molecular flexibility index (Phi) is 4.31. The number of methoxy groups -OCH3 is 1. The molecule has 0 unspecified atom stereocenters. The van der Waals surface area contributed by atoms with Crippen molar-refractivity contribution in [3.8, 4) is 11.9 Å². The number of aromatic nitrogens is 2. The quantitative estimate of drug-likeness (QED) is 0.894. The van der Waals surface area contributed by atoms with Crippen LogP contribution in [0.15, 0.2) is 41.2 Å². The Hall–Kier alpha value is -3.14. The molecule has 0 aliphatic heterocycles.